The molecule has 3 rings (SSSR count). The van der Waals surface area contributed by atoms with Gasteiger partial charge in [0.15, 0.2) is 0 Å². The number of allylic oxidation sites excluding steroid dienone is 2. The van der Waals surface area contributed by atoms with Crippen molar-refractivity contribution in [2.45, 2.75) is 12.8 Å². The Morgan fingerprint density at radius 2 is 1.03 bits per heavy atom. The SMILES string of the molecule is COc1ccc(NC2=C(C(=O)O)CC(Nc3ccc(OC)cc3)=C(C(=O)O)C2)cc1. The first-order valence-corrected chi connectivity index (χ1v) is 9.14. The Morgan fingerprint density at radius 1 is 0.700 bits per heavy atom. The Kier molecular flexibility index (Phi) is 6.26. The topological polar surface area (TPSA) is 117 Å². The van der Waals surface area contributed by atoms with Crippen LogP contribution in [0.25, 0.3) is 0 Å². The average molecular weight is 410 g/mol. The first kappa shape index (κ1) is 20.8. The van der Waals surface area contributed by atoms with E-state index in [1.54, 1.807) is 62.8 Å². The largest absolute Gasteiger partial charge is 0.497 e. The highest BCUT2D eigenvalue weighted by Gasteiger charge is 2.28. The highest BCUT2D eigenvalue weighted by molar-refractivity contribution is 5.95. The zero-order valence-electron chi connectivity index (χ0n) is 16.6. The fourth-order valence-electron chi connectivity index (χ4n) is 3.13. The summed E-state index contributed by atoms with van der Waals surface area (Å²) in [5.74, 6) is -0.892. The minimum absolute atomic E-state index is 0.0541. The summed E-state index contributed by atoms with van der Waals surface area (Å²) in [5, 5.41) is 25.5. The van der Waals surface area contributed by atoms with Gasteiger partial charge >= 0.3 is 11.9 Å². The Balaban J connectivity index is 1.88. The highest BCUT2D eigenvalue weighted by Crippen LogP contribution is 2.33. The predicted molar refractivity (Wildman–Crippen MR) is 112 cm³/mol. The summed E-state index contributed by atoms with van der Waals surface area (Å²) in [6.45, 7) is 0. The number of ether oxygens (including phenoxy) is 2. The summed E-state index contributed by atoms with van der Waals surface area (Å²) in [6.07, 6.45) is -0.108. The molecule has 0 saturated heterocycles. The van der Waals surface area contributed by atoms with Crippen LogP contribution in [0.15, 0.2) is 71.1 Å². The predicted octanol–water partition coefficient (Wildman–Crippen LogP) is 3.70. The number of benzene rings is 2. The van der Waals surface area contributed by atoms with Gasteiger partial charge in [0, 0.05) is 35.6 Å². The van der Waals surface area contributed by atoms with Gasteiger partial charge in [-0.1, -0.05) is 0 Å². The molecule has 8 nitrogen and oxygen atoms in total. The summed E-state index contributed by atoms with van der Waals surface area (Å²) in [7, 11) is 3.10. The first-order chi connectivity index (χ1) is 14.4. The zero-order valence-corrected chi connectivity index (χ0v) is 16.6. The molecule has 0 fully saturated rings. The van der Waals surface area contributed by atoms with Gasteiger partial charge in [-0.2, -0.15) is 0 Å². The molecule has 1 aliphatic carbocycles. The Morgan fingerprint density at radius 3 is 1.30 bits per heavy atom. The van der Waals surface area contributed by atoms with Crippen molar-refractivity contribution in [2.75, 3.05) is 24.9 Å². The number of hydrogen-bond donors (Lipinski definition) is 4. The maximum atomic E-state index is 11.9. The van der Waals surface area contributed by atoms with Gasteiger partial charge < -0.3 is 30.3 Å². The van der Waals surface area contributed by atoms with Crippen molar-refractivity contribution in [3.8, 4) is 11.5 Å². The first-order valence-electron chi connectivity index (χ1n) is 9.14. The third kappa shape index (κ3) is 4.72. The number of carbonyl (C=O) groups is 2. The molecular weight excluding hydrogens is 388 g/mol. The number of carboxylic acids is 2. The van der Waals surface area contributed by atoms with E-state index >= 15 is 0 Å². The number of rotatable bonds is 8. The van der Waals surface area contributed by atoms with Crippen LogP contribution in [0.4, 0.5) is 11.4 Å². The quantitative estimate of drug-likeness (QED) is 0.520. The smallest absolute Gasteiger partial charge is 0.333 e. The van der Waals surface area contributed by atoms with Crippen LogP contribution >= 0.6 is 0 Å². The van der Waals surface area contributed by atoms with Gasteiger partial charge in [-0.05, 0) is 48.5 Å². The van der Waals surface area contributed by atoms with Gasteiger partial charge in [0.2, 0.25) is 0 Å². The van der Waals surface area contributed by atoms with E-state index in [1.807, 2.05) is 0 Å². The van der Waals surface area contributed by atoms with Crippen molar-refractivity contribution in [1.29, 1.82) is 0 Å². The minimum Gasteiger partial charge on any atom is -0.497 e. The maximum Gasteiger partial charge on any atom is 0.333 e. The Hall–Kier alpha value is -3.94. The van der Waals surface area contributed by atoms with Crippen molar-refractivity contribution in [2.24, 2.45) is 0 Å². The summed E-state index contributed by atoms with van der Waals surface area (Å²) < 4.78 is 10.2. The van der Waals surface area contributed by atoms with Crippen LogP contribution in [-0.2, 0) is 9.59 Å². The van der Waals surface area contributed by atoms with Crippen LogP contribution in [0.2, 0.25) is 0 Å². The van der Waals surface area contributed by atoms with Crippen LogP contribution in [0.3, 0.4) is 0 Å². The summed E-state index contributed by atoms with van der Waals surface area (Å²) in [5.41, 5.74) is 2.16. The minimum atomic E-state index is -1.11. The van der Waals surface area contributed by atoms with E-state index in [2.05, 4.69) is 10.6 Å². The molecule has 0 saturated carbocycles. The van der Waals surface area contributed by atoms with Gasteiger partial charge in [0.05, 0.1) is 25.4 Å². The van der Waals surface area contributed by atoms with E-state index in [-0.39, 0.29) is 24.0 Å². The van der Waals surface area contributed by atoms with Gasteiger partial charge in [-0.15, -0.1) is 0 Å². The Labute approximate surface area is 173 Å². The fraction of sp³-hybridized carbons (Fsp3) is 0.182. The van der Waals surface area contributed by atoms with Crippen molar-refractivity contribution in [3.63, 3.8) is 0 Å². The lowest BCUT2D eigenvalue weighted by Crippen LogP contribution is -2.23. The van der Waals surface area contributed by atoms with Crippen molar-refractivity contribution >= 4 is 23.3 Å². The molecule has 0 radical (unpaired) electrons. The molecule has 1 aliphatic rings. The summed E-state index contributed by atoms with van der Waals surface area (Å²) in [4.78, 5) is 23.8. The number of anilines is 2. The molecule has 2 aromatic carbocycles. The maximum absolute atomic E-state index is 11.9. The molecule has 0 aromatic heterocycles. The van der Waals surface area contributed by atoms with Gasteiger partial charge in [-0.25, -0.2) is 9.59 Å². The van der Waals surface area contributed by atoms with Crippen molar-refractivity contribution in [3.05, 3.63) is 71.1 Å². The van der Waals surface area contributed by atoms with Crippen LogP contribution < -0.4 is 20.1 Å². The van der Waals surface area contributed by atoms with Crippen molar-refractivity contribution in [1.82, 2.24) is 0 Å². The normalized spacial score (nSPS) is 13.7. The summed E-state index contributed by atoms with van der Waals surface area (Å²) in [6, 6.07) is 13.9. The molecular formula is C22H22N2O6. The lowest BCUT2D eigenvalue weighted by atomic mass is 9.92. The molecule has 0 atom stereocenters. The van der Waals surface area contributed by atoms with Gasteiger partial charge in [-0.3, -0.25) is 0 Å². The third-order valence-corrected chi connectivity index (χ3v) is 4.72. The highest BCUT2D eigenvalue weighted by atomic mass is 16.5. The molecule has 0 aliphatic heterocycles. The zero-order chi connectivity index (χ0) is 21.7. The number of hydrogen-bond acceptors (Lipinski definition) is 6. The molecule has 0 spiro atoms. The van der Waals surface area contributed by atoms with E-state index in [0.717, 1.165) is 0 Å². The lowest BCUT2D eigenvalue weighted by molar-refractivity contribution is -0.134. The summed E-state index contributed by atoms with van der Waals surface area (Å²) >= 11 is 0. The molecule has 0 amide bonds. The standard InChI is InChI=1S/C22H22N2O6/c1-29-15-7-3-13(4-8-15)23-19-11-18(22(27)28)20(12-17(19)21(25)26)24-14-5-9-16(30-2)10-6-14/h3-10,23-24H,11-12H2,1-2H3,(H,25,26)(H,27,28). The van der Waals surface area contributed by atoms with Crippen LogP contribution in [0.1, 0.15) is 12.8 Å². The van der Waals surface area contributed by atoms with Crippen LogP contribution in [0.5, 0.6) is 11.5 Å². The van der Waals surface area contributed by atoms with Crippen molar-refractivity contribution < 1.29 is 29.3 Å². The molecule has 30 heavy (non-hydrogen) atoms. The molecule has 8 heteroatoms. The van der Waals surface area contributed by atoms with E-state index < -0.39 is 11.9 Å². The molecule has 0 bridgehead atoms. The molecule has 4 N–H and O–H groups in total. The lowest BCUT2D eigenvalue weighted by Gasteiger charge is -2.24. The van der Waals surface area contributed by atoms with Crippen LogP contribution in [0, 0.1) is 0 Å². The second-order valence-corrected chi connectivity index (χ2v) is 6.59. The van der Waals surface area contributed by atoms with Gasteiger partial charge in [0.1, 0.15) is 11.5 Å². The van der Waals surface area contributed by atoms with E-state index in [4.69, 9.17) is 9.47 Å². The molecule has 0 heterocycles. The van der Waals surface area contributed by atoms with E-state index in [0.29, 0.717) is 34.3 Å². The monoisotopic (exact) mass is 410 g/mol. The number of carboxylic acid groups (broad SMARTS) is 2. The molecule has 2 aromatic rings. The molecule has 156 valence electrons. The van der Waals surface area contributed by atoms with E-state index in [9.17, 15) is 19.8 Å². The van der Waals surface area contributed by atoms with E-state index in [1.165, 1.54) is 0 Å². The Bertz CT molecular complexity index is 923. The second-order valence-electron chi connectivity index (χ2n) is 6.59. The van der Waals surface area contributed by atoms with Crippen LogP contribution in [-0.4, -0.2) is 36.4 Å². The van der Waals surface area contributed by atoms with Gasteiger partial charge in [0.25, 0.3) is 0 Å². The number of methoxy groups -OCH3 is 2. The third-order valence-electron chi connectivity index (χ3n) is 4.72. The average Bonchev–Trinajstić information content (AvgIpc) is 2.75. The second kappa shape index (κ2) is 9.04. The number of nitrogens with one attached hydrogen (secondary N) is 2. The number of aliphatic carboxylic acids is 2. The fourth-order valence-corrected chi connectivity index (χ4v) is 3.13. The molecule has 0 unspecified atom stereocenters.